The van der Waals surface area contributed by atoms with Crippen LogP contribution in [0.1, 0.15) is 15.4 Å². The predicted molar refractivity (Wildman–Crippen MR) is 94.0 cm³/mol. The maximum Gasteiger partial charge on any atom is 0.261 e. The van der Waals surface area contributed by atoms with E-state index in [-0.39, 0.29) is 5.91 Å². The first kappa shape index (κ1) is 16.4. The number of amides is 1. The van der Waals surface area contributed by atoms with Crippen LogP contribution in [0.15, 0.2) is 36.8 Å². The Bertz CT molecular complexity index is 846. The van der Waals surface area contributed by atoms with Gasteiger partial charge in [0, 0.05) is 25.4 Å². The second-order valence-corrected chi connectivity index (χ2v) is 6.66. The second kappa shape index (κ2) is 7.41. The number of nitrogens with zero attached hydrogens (tertiary/aromatic N) is 4. The smallest absolute Gasteiger partial charge is 0.261 e. The van der Waals surface area contributed by atoms with Crippen molar-refractivity contribution in [3.63, 3.8) is 0 Å². The van der Waals surface area contributed by atoms with Gasteiger partial charge in [0.15, 0.2) is 5.82 Å². The molecule has 24 heavy (non-hydrogen) atoms. The van der Waals surface area contributed by atoms with Gasteiger partial charge in [0.05, 0.1) is 14.9 Å². The van der Waals surface area contributed by atoms with Gasteiger partial charge >= 0.3 is 0 Å². The molecule has 0 aliphatic carbocycles. The van der Waals surface area contributed by atoms with Crippen LogP contribution in [0, 0.1) is 6.92 Å². The van der Waals surface area contributed by atoms with Crippen LogP contribution in [-0.2, 0) is 0 Å². The molecule has 0 aromatic carbocycles. The van der Waals surface area contributed by atoms with Gasteiger partial charge in [0.2, 0.25) is 0 Å². The molecule has 0 radical (unpaired) electrons. The number of aryl methyl sites for hydroxylation is 1. The molecule has 0 unspecified atom stereocenters. The summed E-state index contributed by atoms with van der Waals surface area (Å²) in [6, 6.07) is 7.12. The van der Waals surface area contributed by atoms with Crippen molar-refractivity contribution in [3.8, 4) is 5.82 Å². The molecule has 2 N–H and O–H groups in total. The Morgan fingerprint density at radius 1 is 1.29 bits per heavy atom. The number of rotatable bonds is 6. The van der Waals surface area contributed by atoms with Gasteiger partial charge in [0.25, 0.3) is 5.91 Å². The van der Waals surface area contributed by atoms with E-state index in [9.17, 15) is 4.79 Å². The highest BCUT2D eigenvalue weighted by Gasteiger charge is 2.07. The van der Waals surface area contributed by atoms with E-state index in [1.165, 1.54) is 17.7 Å². The molecule has 0 bridgehead atoms. The molecular weight excluding hydrogens is 348 g/mol. The molecule has 0 aliphatic rings. The maximum atomic E-state index is 11.9. The van der Waals surface area contributed by atoms with E-state index in [0.717, 1.165) is 5.69 Å². The summed E-state index contributed by atoms with van der Waals surface area (Å²) in [7, 11) is 0. The third-order valence-electron chi connectivity index (χ3n) is 3.12. The number of hydrogen-bond acceptors (Lipinski definition) is 6. The maximum absolute atomic E-state index is 11.9. The Hall–Kier alpha value is -2.45. The quantitative estimate of drug-likeness (QED) is 0.658. The number of carbonyl (C=O) groups is 1. The highest BCUT2D eigenvalue weighted by Crippen LogP contribution is 2.20. The van der Waals surface area contributed by atoms with Crippen molar-refractivity contribution in [2.75, 3.05) is 18.4 Å². The van der Waals surface area contributed by atoms with Crippen LogP contribution in [-0.4, -0.2) is 38.7 Å². The molecule has 0 atom stereocenters. The van der Waals surface area contributed by atoms with Crippen molar-refractivity contribution < 1.29 is 4.79 Å². The van der Waals surface area contributed by atoms with Gasteiger partial charge < -0.3 is 10.6 Å². The molecule has 0 aliphatic heterocycles. The minimum atomic E-state index is -0.135. The SMILES string of the molecule is Cc1ccn(-c2cc(NCCNC(=O)c3ccc(Cl)s3)ncn2)n1. The molecule has 0 fully saturated rings. The number of halogens is 1. The van der Waals surface area contributed by atoms with E-state index >= 15 is 0 Å². The highest BCUT2D eigenvalue weighted by molar-refractivity contribution is 7.17. The van der Waals surface area contributed by atoms with Gasteiger partial charge in [-0.25, -0.2) is 14.6 Å². The van der Waals surface area contributed by atoms with Crippen LogP contribution in [0.4, 0.5) is 5.82 Å². The summed E-state index contributed by atoms with van der Waals surface area (Å²) in [4.78, 5) is 20.8. The number of hydrogen-bond donors (Lipinski definition) is 2. The van der Waals surface area contributed by atoms with E-state index in [4.69, 9.17) is 11.6 Å². The second-order valence-electron chi connectivity index (χ2n) is 4.95. The van der Waals surface area contributed by atoms with Crippen LogP contribution >= 0.6 is 22.9 Å². The summed E-state index contributed by atoms with van der Waals surface area (Å²) < 4.78 is 2.28. The lowest BCUT2D eigenvalue weighted by Gasteiger charge is -2.07. The van der Waals surface area contributed by atoms with Crippen LogP contribution in [0.5, 0.6) is 0 Å². The molecule has 7 nitrogen and oxygen atoms in total. The topological polar surface area (TPSA) is 84.7 Å². The first-order chi connectivity index (χ1) is 11.6. The van der Waals surface area contributed by atoms with Crippen molar-refractivity contribution in [1.82, 2.24) is 25.1 Å². The molecular formula is C15H15ClN6OS. The normalized spacial score (nSPS) is 10.6. The fourth-order valence-corrected chi connectivity index (χ4v) is 2.96. The number of anilines is 1. The van der Waals surface area contributed by atoms with Gasteiger partial charge in [-0.15, -0.1) is 11.3 Å². The zero-order valence-corrected chi connectivity index (χ0v) is 14.4. The van der Waals surface area contributed by atoms with Gasteiger partial charge in [-0.1, -0.05) is 11.6 Å². The predicted octanol–water partition coefficient (Wildman–Crippen LogP) is 2.53. The molecule has 1 amide bonds. The van der Waals surface area contributed by atoms with Crippen molar-refractivity contribution in [2.24, 2.45) is 0 Å². The summed E-state index contributed by atoms with van der Waals surface area (Å²) >= 11 is 7.07. The molecule has 124 valence electrons. The third-order valence-corrected chi connectivity index (χ3v) is 4.35. The number of nitrogens with one attached hydrogen (secondary N) is 2. The molecule has 3 aromatic rings. The fourth-order valence-electron chi connectivity index (χ4n) is 2.00. The van der Waals surface area contributed by atoms with E-state index < -0.39 is 0 Å². The average molecular weight is 363 g/mol. The van der Waals surface area contributed by atoms with Crippen LogP contribution in [0.25, 0.3) is 5.82 Å². The number of aromatic nitrogens is 4. The van der Waals surface area contributed by atoms with E-state index in [1.807, 2.05) is 19.2 Å². The van der Waals surface area contributed by atoms with Gasteiger partial charge in [-0.3, -0.25) is 4.79 Å². The van der Waals surface area contributed by atoms with Crippen molar-refractivity contribution in [3.05, 3.63) is 51.7 Å². The first-order valence-corrected chi connectivity index (χ1v) is 8.43. The van der Waals surface area contributed by atoms with Crippen molar-refractivity contribution in [1.29, 1.82) is 0 Å². The summed E-state index contributed by atoms with van der Waals surface area (Å²) in [5.41, 5.74) is 0.916. The average Bonchev–Trinajstić information content (AvgIpc) is 3.20. The van der Waals surface area contributed by atoms with E-state index in [0.29, 0.717) is 33.9 Å². The van der Waals surface area contributed by atoms with E-state index in [1.54, 1.807) is 22.9 Å². The van der Waals surface area contributed by atoms with Crippen LogP contribution in [0.2, 0.25) is 4.34 Å². The van der Waals surface area contributed by atoms with Gasteiger partial charge in [-0.2, -0.15) is 5.10 Å². The zero-order chi connectivity index (χ0) is 16.9. The molecule has 3 aromatic heterocycles. The molecule has 3 rings (SSSR count). The van der Waals surface area contributed by atoms with Crippen LogP contribution < -0.4 is 10.6 Å². The summed E-state index contributed by atoms with van der Waals surface area (Å²) in [5.74, 6) is 1.21. The van der Waals surface area contributed by atoms with E-state index in [2.05, 4.69) is 25.7 Å². The largest absolute Gasteiger partial charge is 0.368 e. The lowest BCUT2D eigenvalue weighted by atomic mass is 10.4. The number of carbonyl (C=O) groups excluding carboxylic acids is 1. The van der Waals surface area contributed by atoms with Gasteiger partial charge in [0.1, 0.15) is 12.1 Å². The molecule has 3 heterocycles. The summed E-state index contributed by atoms with van der Waals surface area (Å²) in [6.07, 6.45) is 3.31. The Morgan fingerprint density at radius 3 is 2.88 bits per heavy atom. The number of thiophene rings is 1. The first-order valence-electron chi connectivity index (χ1n) is 7.24. The van der Waals surface area contributed by atoms with Crippen LogP contribution in [0.3, 0.4) is 0 Å². The molecule has 0 saturated heterocycles. The Balaban J connectivity index is 1.51. The Morgan fingerprint density at radius 2 is 2.17 bits per heavy atom. The molecule has 0 spiro atoms. The van der Waals surface area contributed by atoms with Gasteiger partial charge in [-0.05, 0) is 25.1 Å². The molecule has 0 saturated carbocycles. The molecule has 9 heteroatoms. The Labute approximate surface area is 147 Å². The highest BCUT2D eigenvalue weighted by atomic mass is 35.5. The fraction of sp³-hybridized carbons (Fsp3) is 0.200. The lowest BCUT2D eigenvalue weighted by Crippen LogP contribution is -2.28. The summed E-state index contributed by atoms with van der Waals surface area (Å²) in [5, 5.41) is 10.3. The Kier molecular flexibility index (Phi) is 5.07. The zero-order valence-electron chi connectivity index (χ0n) is 12.9. The summed E-state index contributed by atoms with van der Waals surface area (Å²) in [6.45, 7) is 2.92. The minimum absolute atomic E-state index is 0.135. The standard InChI is InChI=1S/C15H15ClN6OS/c1-10-4-7-22(21-10)14-8-13(19-9-20-14)17-5-6-18-15(23)11-2-3-12(16)24-11/h2-4,7-9H,5-6H2,1H3,(H,18,23)(H,17,19,20). The lowest BCUT2D eigenvalue weighted by molar-refractivity contribution is 0.0959. The van der Waals surface area contributed by atoms with Crippen molar-refractivity contribution >= 4 is 34.7 Å². The minimum Gasteiger partial charge on any atom is -0.368 e. The van der Waals surface area contributed by atoms with Crippen molar-refractivity contribution in [2.45, 2.75) is 6.92 Å². The monoisotopic (exact) mass is 362 g/mol. The third kappa shape index (κ3) is 4.09.